The van der Waals surface area contributed by atoms with Gasteiger partial charge in [0.1, 0.15) is 5.75 Å². The second-order valence-corrected chi connectivity index (χ2v) is 8.68. The number of benzene rings is 2. The van der Waals surface area contributed by atoms with Gasteiger partial charge >= 0.3 is 0 Å². The molecule has 6 heteroatoms. The Kier molecular flexibility index (Phi) is 6.77. The molecule has 1 fully saturated rings. The van der Waals surface area contributed by atoms with Crippen LogP contribution in [-0.2, 0) is 11.3 Å². The average Bonchev–Trinajstić information content (AvgIpc) is 3.59. The summed E-state index contributed by atoms with van der Waals surface area (Å²) < 4.78 is 5.21. The van der Waals surface area contributed by atoms with E-state index in [0.29, 0.717) is 36.6 Å². The van der Waals surface area contributed by atoms with Crippen LogP contribution in [0.4, 0.5) is 5.69 Å². The van der Waals surface area contributed by atoms with Gasteiger partial charge in [-0.25, -0.2) is 0 Å². The summed E-state index contributed by atoms with van der Waals surface area (Å²) in [5, 5.41) is 2.99. The highest BCUT2D eigenvalue weighted by atomic mass is 16.5. The minimum atomic E-state index is -0.219. The van der Waals surface area contributed by atoms with Crippen molar-refractivity contribution in [2.45, 2.75) is 33.2 Å². The summed E-state index contributed by atoms with van der Waals surface area (Å²) >= 11 is 0. The smallest absolute Gasteiger partial charge is 0.255 e. The first-order valence-corrected chi connectivity index (χ1v) is 10.3. The summed E-state index contributed by atoms with van der Waals surface area (Å²) in [5.74, 6) is 0.701. The van der Waals surface area contributed by atoms with E-state index in [1.165, 1.54) is 0 Å². The fourth-order valence-corrected chi connectivity index (χ4v) is 3.33. The van der Waals surface area contributed by atoms with Crippen LogP contribution in [0.1, 0.15) is 42.6 Å². The maximum atomic E-state index is 12.9. The second kappa shape index (κ2) is 9.30. The van der Waals surface area contributed by atoms with Crippen molar-refractivity contribution in [2.75, 3.05) is 25.5 Å². The van der Waals surface area contributed by atoms with Crippen LogP contribution in [0.2, 0.25) is 0 Å². The van der Waals surface area contributed by atoms with Crippen LogP contribution in [0.3, 0.4) is 0 Å². The summed E-state index contributed by atoms with van der Waals surface area (Å²) in [4.78, 5) is 27.6. The lowest BCUT2D eigenvalue weighted by Gasteiger charge is -2.32. The van der Waals surface area contributed by atoms with Crippen molar-refractivity contribution in [2.24, 2.45) is 17.1 Å². The molecule has 1 saturated carbocycles. The second-order valence-electron chi connectivity index (χ2n) is 8.68. The number of carbonyl (C=O) groups excluding carboxylic acids is 2. The van der Waals surface area contributed by atoms with Gasteiger partial charge in [0.2, 0.25) is 5.91 Å². The van der Waals surface area contributed by atoms with Crippen molar-refractivity contribution in [3.63, 3.8) is 0 Å². The molecule has 1 aliphatic rings. The van der Waals surface area contributed by atoms with E-state index in [0.717, 1.165) is 18.4 Å². The van der Waals surface area contributed by atoms with E-state index >= 15 is 0 Å². The lowest BCUT2D eigenvalue weighted by molar-refractivity contribution is -0.134. The molecule has 6 nitrogen and oxygen atoms in total. The van der Waals surface area contributed by atoms with Gasteiger partial charge in [-0.2, -0.15) is 0 Å². The van der Waals surface area contributed by atoms with Gasteiger partial charge in [0.25, 0.3) is 5.91 Å². The Hall–Kier alpha value is -2.86. The quantitative estimate of drug-likeness (QED) is 0.662. The van der Waals surface area contributed by atoms with Gasteiger partial charge in [-0.15, -0.1) is 0 Å². The van der Waals surface area contributed by atoms with Crippen molar-refractivity contribution in [1.29, 1.82) is 0 Å². The largest absolute Gasteiger partial charge is 0.497 e. The maximum absolute atomic E-state index is 12.9. The Bertz CT molecular complexity index is 906. The molecule has 1 aliphatic carbocycles. The third-order valence-electron chi connectivity index (χ3n) is 5.37. The molecule has 0 unspecified atom stereocenters. The zero-order valence-corrected chi connectivity index (χ0v) is 18.0. The van der Waals surface area contributed by atoms with Crippen LogP contribution >= 0.6 is 0 Å². The van der Waals surface area contributed by atoms with Crippen molar-refractivity contribution in [3.8, 4) is 5.75 Å². The first kappa shape index (κ1) is 21.8. The third-order valence-corrected chi connectivity index (χ3v) is 5.37. The van der Waals surface area contributed by atoms with Crippen molar-refractivity contribution < 1.29 is 14.3 Å². The fourth-order valence-electron chi connectivity index (χ4n) is 3.33. The molecular weight excluding hydrogens is 378 g/mol. The van der Waals surface area contributed by atoms with E-state index in [1.54, 1.807) is 31.4 Å². The van der Waals surface area contributed by atoms with E-state index in [2.05, 4.69) is 19.2 Å². The van der Waals surface area contributed by atoms with Gasteiger partial charge in [0.05, 0.1) is 7.11 Å². The van der Waals surface area contributed by atoms with Crippen LogP contribution in [0.5, 0.6) is 5.75 Å². The van der Waals surface area contributed by atoms with Crippen molar-refractivity contribution >= 4 is 17.5 Å². The zero-order chi connectivity index (χ0) is 21.7. The summed E-state index contributed by atoms with van der Waals surface area (Å²) in [5.41, 5.74) is 7.85. The van der Waals surface area contributed by atoms with E-state index < -0.39 is 0 Å². The van der Waals surface area contributed by atoms with Crippen LogP contribution in [0.15, 0.2) is 48.5 Å². The van der Waals surface area contributed by atoms with Crippen LogP contribution in [0.25, 0.3) is 0 Å². The van der Waals surface area contributed by atoms with E-state index in [9.17, 15) is 9.59 Å². The monoisotopic (exact) mass is 409 g/mol. The lowest BCUT2D eigenvalue weighted by atomic mass is 9.92. The molecule has 3 rings (SSSR count). The highest BCUT2D eigenvalue weighted by molar-refractivity contribution is 6.04. The summed E-state index contributed by atoms with van der Waals surface area (Å²) in [7, 11) is 1.57. The number of anilines is 1. The Labute approximate surface area is 178 Å². The predicted octanol–water partition coefficient (Wildman–Crippen LogP) is 3.67. The number of nitrogens with one attached hydrogen (secondary N) is 1. The molecule has 30 heavy (non-hydrogen) atoms. The van der Waals surface area contributed by atoms with E-state index in [1.807, 2.05) is 29.2 Å². The molecule has 2 aromatic rings. The van der Waals surface area contributed by atoms with E-state index in [4.69, 9.17) is 10.5 Å². The number of carbonyl (C=O) groups is 2. The normalized spacial score (nSPS) is 13.6. The van der Waals surface area contributed by atoms with Crippen LogP contribution in [0, 0.1) is 11.3 Å². The minimum absolute atomic E-state index is 0.122. The zero-order valence-electron chi connectivity index (χ0n) is 18.0. The average molecular weight is 410 g/mol. The number of nitrogens with two attached hydrogens (primary N) is 1. The molecule has 2 amide bonds. The van der Waals surface area contributed by atoms with Gasteiger partial charge in [-0.1, -0.05) is 38.1 Å². The number of amides is 2. The highest BCUT2D eigenvalue weighted by Crippen LogP contribution is 2.33. The number of nitrogens with zero attached hydrogens (tertiary/aromatic N) is 1. The Morgan fingerprint density at radius 3 is 2.57 bits per heavy atom. The third kappa shape index (κ3) is 5.60. The van der Waals surface area contributed by atoms with Gasteiger partial charge in [-0.05, 0) is 54.6 Å². The van der Waals surface area contributed by atoms with Crippen molar-refractivity contribution in [1.82, 2.24) is 4.90 Å². The van der Waals surface area contributed by atoms with Gasteiger partial charge in [0.15, 0.2) is 0 Å². The Morgan fingerprint density at radius 2 is 1.90 bits per heavy atom. The predicted molar refractivity (Wildman–Crippen MR) is 118 cm³/mol. The molecule has 2 aromatic carbocycles. The summed E-state index contributed by atoms with van der Waals surface area (Å²) in [6.45, 7) is 5.65. The lowest BCUT2D eigenvalue weighted by Crippen LogP contribution is -2.42. The SMILES string of the molecule is COc1cccc(C(=O)Nc2ccccc2CN(CC(C)(C)CN)C(=O)C2CC2)c1. The maximum Gasteiger partial charge on any atom is 0.255 e. The molecule has 0 saturated heterocycles. The number of ether oxygens (including phenoxy) is 1. The van der Waals surface area contributed by atoms with Crippen molar-refractivity contribution in [3.05, 3.63) is 59.7 Å². The first-order chi connectivity index (χ1) is 14.3. The number of hydrogen-bond acceptors (Lipinski definition) is 4. The molecule has 0 heterocycles. The molecule has 0 bridgehead atoms. The highest BCUT2D eigenvalue weighted by Gasteiger charge is 2.35. The molecular formula is C24H31N3O3. The van der Waals surface area contributed by atoms with Crippen LogP contribution < -0.4 is 15.8 Å². The number of para-hydroxylation sites is 1. The molecule has 0 spiro atoms. The number of methoxy groups -OCH3 is 1. The molecule has 0 aromatic heterocycles. The van der Waals surface area contributed by atoms with Gasteiger partial charge in [-0.3, -0.25) is 9.59 Å². The summed E-state index contributed by atoms with van der Waals surface area (Å²) in [6.07, 6.45) is 1.90. The molecule has 3 N–H and O–H groups in total. The van der Waals surface area contributed by atoms with Gasteiger partial charge in [0, 0.05) is 30.3 Å². The summed E-state index contributed by atoms with van der Waals surface area (Å²) in [6, 6.07) is 14.6. The minimum Gasteiger partial charge on any atom is -0.497 e. The Balaban J connectivity index is 1.80. The molecule has 0 aliphatic heterocycles. The molecule has 0 atom stereocenters. The van der Waals surface area contributed by atoms with Crippen LogP contribution in [-0.4, -0.2) is 36.9 Å². The Morgan fingerprint density at radius 1 is 1.17 bits per heavy atom. The molecule has 0 radical (unpaired) electrons. The number of hydrogen-bond donors (Lipinski definition) is 2. The standard InChI is InChI=1S/C24H31N3O3/c1-24(2,15-25)16-27(23(29)17-11-12-17)14-19-7-4-5-10-21(19)26-22(28)18-8-6-9-20(13-18)30-3/h4-10,13,17H,11-12,14-16,25H2,1-3H3,(H,26,28). The first-order valence-electron chi connectivity index (χ1n) is 10.3. The van der Waals surface area contributed by atoms with Gasteiger partial charge < -0.3 is 20.7 Å². The molecule has 160 valence electrons. The van der Waals surface area contributed by atoms with E-state index in [-0.39, 0.29) is 23.1 Å². The topological polar surface area (TPSA) is 84.7 Å². The fraction of sp³-hybridized carbons (Fsp3) is 0.417. The number of rotatable bonds is 9.